The maximum atomic E-state index is 8.00. The molecular formula is C4H6N4O. The van der Waals surface area contributed by atoms with Gasteiger partial charge in [0.15, 0.2) is 0 Å². The van der Waals surface area contributed by atoms with Gasteiger partial charge in [-0.3, -0.25) is 0 Å². The molecule has 0 amide bonds. The molecule has 5 heteroatoms. The summed E-state index contributed by atoms with van der Waals surface area (Å²) in [6.07, 6.45) is 2.70. The van der Waals surface area contributed by atoms with Gasteiger partial charge in [0.25, 0.3) is 0 Å². The van der Waals surface area contributed by atoms with Crippen LogP contribution in [0.3, 0.4) is 0 Å². The highest BCUT2D eigenvalue weighted by atomic mass is 16.1. The van der Waals surface area contributed by atoms with Crippen LogP contribution in [0.1, 0.15) is 0 Å². The van der Waals surface area contributed by atoms with Crippen LogP contribution in [0.4, 0.5) is 5.95 Å². The molecule has 1 aromatic rings. The van der Waals surface area contributed by atoms with Crippen molar-refractivity contribution in [3.05, 3.63) is 12.7 Å². The largest absolute Gasteiger partial charge is 0.368 e. The summed E-state index contributed by atoms with van der Waals surface area (Å²) in [5.74, 6) is 0.259. The molecule has 1 heterocycles. The summed E-state index contributed by atoms with van der Waals surface area (Å²) in [4.78, 5) is 18.6. The van der Waals surface area contributed by atoms with Crippen molar-refractivity contribution in [2.75, 3.05) is 5.73 Å². The number of hydrogen-bond donors (Lipinski definition) is 1. The molecule has 0 aliphatic heterocycles. The molecule has 5 nitrogen and oxygen atoms in total. The van der Waals surface area contributed by atoms with Crippen LogP contribution in [0, 0.1) is 0 Å². The van der Waals surface area contributed by atoms with E-state index in [0.29, 0.717) is 0 Å². The molecule has 1 rings (SSSR count). The van der Waals surface area contributed by atoms with Crippen molar-refractivity contribution < 1.29 is 4.79 Å². The van der Waals surface area contributed by atoms with Crippen LogP contribution in [-0.2, 0) is 4.79 Å². The molecule has 48 valence electrons. The molecule has 1 aromatic heterocycles. The summed E-state index contributed by atoms with van der Waals surface area (Å²) >= 11 is 0. The summed E-state index contributed by atoms with van der Waals surface area (Å²) in [6, 6.07) is 0. The van der Waals surface area contributed by atoms with Gasteiger partial charge in [-0.1, -0.05) is 0 Å². The standard InChI is InChI=1S/C3H4N4.CH2O/c4-3-6-1-5-2-7-3;1-2/h1-2H,(H2,4,5,6,7);1H2. The minimum absolute atomic E-state index is 0.259. The Morgan fingerprint density at radius 1 is 1.33 bits per heavy atom. The smallest absolute Gasteiger partial charge is 0.222 e. The molecule has 2 N–H and O–H groups in total. The second-order valence-electron chi connectivity index (χ2n) is 0.996. The summed E-state index contributed by atoms with van der Waals surface area (Å²) in [6.45, 7) is 2.00. The van der Waals surface area contributed by atoms with E-state index in [4.69, 9.17) is 10.5 Å². The summed E-state index contributed by atoms with van der Waals surface area (Å²) in [7, 11) is 0. The van der Waals surface area contributed by atoms with Crippen LogP contribution >= 0.6 is 0 Å². The molecule has 0 unspecified atom stereocenters. The lowest BCUT2D eigenvalue weighted by atomic mass is 11.0. The molecule has 0 bridgehead atoms. The average molecular weight is 126 g/mol. The van der Waals surface area contributed by atoms with E-state index in [0.717, 1.165) is 0 Å². The van der Waals surface area contributed by atoms with E-state index >= 15 is 0 Å². The van der Waals surface area contributed by atoms with Crippen molar-refractivity contribution in [2.24, 2.45) is 0 Å². The van der Waals surface area contributed by atoms with Gasteiger partial charge in [-0.2, -0.15) is 0 Å². The number of carbonyl (C=O) groups excluding carboxylic acids is 1. The third kappa shape index (κ3) is 3.10. The molecule has 0 saturated carbocycles. The molecular weight excluding hydrogens is 120 g/mol. The lowest BCUT2D eigenvalue weighted by Crippen LogP contribution is -1.92. The number of rotatable bonds is 0. The molecule has 0 spiro atoms. The van der Waals surface area contributed by atoms with Crippen LogP contribution in [0.2, 0.25) is 0 Å². The molecule has 0 fully saturated rings. The van der Waals surface area contributed by atoms with Crippen LogP contribution in [-0.4, -0.2) is 21.7 Å². The molecule has 0 atom stereocenters. The topological polar surface area (TPSA) is 81.8 Å². The molecule has 0 saturated heterocycles. The number of nitrogens with two attached hydrogens (primary N) is 1. The van der Waals surface area contributed by atoms with Crippen LogP contribution in [0.25, 0.3) is 0 Å². The predicted octanol–water partition coefficient (Wildman–Crippen LogP) is -0.731. The highest BCUT2D eigenvalue weighted by Crippen LogP contribution is 1.77. The average Bonchev–Trinajstić information content (AvgIpc) is 1.94. The van der Waals surface area contributed by atoms with Crippen molar-refractivity contribution in [3.8, 4) is 0 Å². The first-order valence-electron chi connectivity index (χ1n) is 2.06. The van der Waals surface area contributed by atoms with E-state index in [1.54, 1.807) is 0 Å². The Bertz CT molecular complexity index is 154. The van der Waals surface area contributed by atoms with Gasteiger partial charge in [-0.15, -0.1) is 0 Å². The van der Waals surface area contributed by atoms with E-state index in [-0.39, 0.29) is 5.95 Å². The van der Waals surface area contributed by atoms with Crippen molar-refractivity contribution in [3.63, 3.8) is 0 Å². The lowest BCUT2D eigenvalue weighted by molar-refractivity contribution is -0.0979. The maximum Gasteiger partial charge on any atom is 0.222 e. The zero-order valence-corrected chi connectivity index (χ0v) is 4.69. The number of anilines is 1. The molecule has 0 aliphatic carbocycles. The number of nitrogens with zero attached hydrogens (tertiary/aromatic N) is 3. The van der Waals surface area contributed by atoms with Crippen LogP contribution < -0.4 is 5.73 Å². The summed E-state index contributed by atoms with van der Waals surface area (Å²) < 4.78 is 0. The van der Waals surface area contributed by atoms with Crippen molar-refractivity contribution in [2.45, 2.75) is 0 Å². The third-order valence-electron chi connectivity index (χ3n) is 0.513. The number of aromatic nitrogens is 3. The van der Waals surface area contributed by atoms with Crippen LogP contribution in [0.15, 0.2) is 12.7 Å². The van der Waals surface area contributed by atoms with Crippen LogP contribution in [0.5, 0.6) is 0 Å². The molecule has 0 aliphatic rings. The number of carbonyl (C=O) groups is 1. The van der Waals surface area contributed by atoms with E-state index in [1.165, 1.54) is 12.7 Å². The van der Waals surface area contributed by atoms with Gasteiger partial charge in [0.1, 0.15) is 19.4 Å². The normalized spacial score (nSPS) is 7.11. The van der Waals surface area contributed by atoms with Gasteiger partial charge in [-0.25, -0.2) is 15.0 Å². The van der Waals surface area contributed by atoms with Gasteiger partial charge in [-0.05, 0) is 0 Å². The Morgan fingerprint density at radius 2 is 1.78 bits per heavy atom. The lowest BCUT2D eigenvalue weighted by Gasteiger charge is -1.81. The fourth-order valence-electron chi connectivity index (χ4n) is 0.248. The SMILES string of the molecule is C=O.Nc1ncncn1. The highest BCUT2D eigenvalue weighted by Gasteiger charge is 1.76. The Kier molecular flexibility index (Phi) is 3.85. The first-order chi connectivity index (χ1) is 4.39. The quantitative estimate of drug-likeness (QED) is 0.495. The second-order valence-corrected chi connectivity index (χ2v) is 0.996. The van der Waals surface area contributed by atoms with E-state index in [1.807, 2.05) is 6.79 Å². The zero-order valence-electron chi connectivity index (χ0n) is 4.69. The fraction of sp³-hybridized carbons (Fsp3) is 0. The van der Waals surface area contributed by atoms with E-state index in [2.05, 4.69) is 15.0 Å². The van der Waals surface area contributed by atoms with E-state index in [9.17, 15) is 0 Å². The molecule has 0 aromatic carbocycles. The van der Waals surface area contributed by atoms with Gasteiger partial charge < -0.3 is 10.5 Å². The Labute approximate surface area is 52.0 Å². The monoisotopic (exact) mass is 126 g/mol. The Hall–Kier alpha value is -1.52. The first-order valence-corrected chi connectivity index (χ1v) is 2.06. The molecule has 9 heavy (non-hydrogen) atoms. The third-order valence-corrected chi connectivity index (χ3v) is 0.513. The highest BCUT2D eigenvalue weighted by molar-refractivity contribution is 5.11. The van der Waals surface area contributed by atoms with Crippen molar-refractivity contribution in [1.82, 2.24) is 15.0 Å². The predicted molar refractivity (Wildman–Crippen MR) is 31.4 cm³/mol. The Morgan fingerprint density at radius 3 is 2.00 bits per heavy atom. The van der Waals surface area contributed by atoms with Gasteiger partial charge in [0.05, 0.1) is 0 Å². The summed E-state index contributed by atoms with van der Waals surface area (Å²) in [5, 5.41) is 0. The maximum absolute atomic E-state index is 8.00. The zero-order chi connectivity index (χ0) is 7.11. The first kappa shape index (κ1) is 7.48. The number of nitrogen functional groups attached to an aromatic ring is 1. The molecule has 0 radical (unpaired) electrons. The summed E-state index contributed by atoms with van der Waals surface area (Å²) in [5.41, 5.74) is 5.10. The minimum Gasteiger partial charge on any atom is -0.368 e. The van der Waals surface area contributed by atoms with Crippen molar-refractivity contribution >= 4 is 12.7 Å². The fourth-order valence-corrected chi connectivity index (χ4v) is 0.248. The van der Waals surface area contributed by atoms with E-state index < -0.39 is 0 Å². The van der Waals surface area contributed by atoms with Gasteiger partial charge >= 0.3 is 0 Å². The second kappa shape index (κ2) is 4.63. The number of hydrogen-bond acceptors (Lipinski definition) is 5. The van der Waals surface area contributed by atoms with Gasteiger partial charge in [0.2, 0.25) is 5.95 Å². The Balaban J connectivity index is 0.000000291. The van der Waals surface area contributed by atoms with Crippen molar-refractivity contribution in [1.29, 1.82) is 0 Å². The minimum atomic E-state index is 0.259. The van der Waals surface area contributed by atoms with Gasteiger partial charge in [0, 0.05) is 0 Å².